The van der Waals surface area contributed by atoms with Gasteiger partial charge in [0.05, 0.1) is 6.04 Å². The number of carbonyl (C=O) groups excluding carboxylic acids is 6. The molecule has 2 aliphatic rings. The van der Waals surface area contributed by atoms with E-state index in [0.29, 0.717) is 19.4 Å². The van der Waals surface area contributed by atoms with E-state index in [4.69, 9.17) is 10.5 Å². The molecule has 0 aromatic rings. The first-order valence-electron chi connectivity index (χ1n) is 10.9. The number of likely N-dealkylation sites (tertiary alicyclic amines) is 1. The van der Waals surface area contributed by atoms with Crippen LogP contribution in [0.15, 0.2) is 0 Å². The normalized spacial score (nSPS) is 22.2. The SMILES string of the molecule is CC(C)C(=O)C1CCCN1C(=O)C(C)OC(=O)C(CCC(N)=O)NC(=O)C1CCC(=O)N1. The number of ketones is 1. The second kappa shape index (κ2) is 11.1. The number of Topliss-reactive ketones (excluding diaryl/α,β-unsaturated/α-hetero) is 1. The summed E-state index contributed by atoms with van der Waals surface area (Å²) in [5, 5.41) is 4.97. The molecule has 11 heteroatoms. The Labute approximate surface area is 186 Å². The number of rotatable bonds is 10. The molecule has 32 heavy (non-hydrogen) atoms. The average molecular weight is 453 g/mol. The van der Waals surface area contributed by atoms with Crippen molar-refractivity contribution in [3.8, 4) is 0 Å². The lowest BCUT2D eigenvalue weighted by Gasteiger charge is -2.28. The molecular formula is C21H32N4O7. The van der Waals surface area contributed by atoms with Gasteiger partial charge < -0.3 is 26.0 Å². The highest BCUT2D eigenvalue weighted by Gasteiger charge is 2.38. The third kappa shape index (κ3) is 6.51. The number of hydrogen-bond acceptors (Lipinski definition) is 7. The van der Waals surface area contributed by atoms with Gasteiger partial charge in [-0.2, -0.15) is 0 Å². The fourth-order valence-corrected chi connectivity index (χ4v) is 3.87. The van der Waals surface area contributed by atoms with Gasteiger partial charge in [0, 0.05) is 25.3 Å². The third-order valence-electron chi connectivity index (χ3n) is 5.67. The smallest absolute Gasteiger partial charge is 0.329 e. The van der Waals surface area contributed by atoms with E-state index in [9.17, 15) is 28.8 Å². The summed E-state index contributed by atoms with van der Waals surface area (Å²) in [6.07, 6.45) is 0.259. The molecule has 2 saturated heterocycles. The molecule has 0 spiro atoms. The minimum atomic E-state index is -1.21. The van der Waals surface area contributed by atoms with Crippen molar-refractivity contribution in [1.29, 1.82) is 0 Å². The molecule has 0 saturated carbocycles. The molecule has 178 valence electrons. The van der Waals surface area contributed by atoms with Crippen LogP contribution in [0.2, 0.25) is 0 Å². The summed E-state index contributed by atoms with van der Waals surface area (Å²) >= 11 is 0. The number of nitrogens with zero attached hydrogens (tertiary/aromatic N) is 1. The molecule has 4 unspecified atom stereocenters. The summed E-state index contributed by atoms with van der Waals surface area (Å²) in [6.45, 7) is 5.34. The van der Waals surface area contributed by atoms with E-state index in [2.05, 4.69) is 10.6 Å². The minimum Gasteiger partial charge on any atom is -0.451 e. The van der Waals surface area contributed by atoms with Gasteiger partial charge in [-0.25, -0.2) is 4.79 Å². The van der Waals surface area contributed by atoms with E-state index in [1.165, 1.54) is 11.8 Å². The van der Waals surface area contributed by atoms with E-state index in [0.717, 1.165) is 0 Å². The van der Waals surface area contributed by atoms with Gasteiger partial charge in [-0.05, 0) is 32.6 Å². The first-order valence-corrected chi connectivity index (χ1v) is 10.9. The second-order valence-corrected chi connectivity index (χ2v) is 8.55. The van der Waals surface area contributed by atoms with Crippen LogP contribution in [0.4, 0.5) is 0 Å². The maximum atomic E-state index is 12.9. The van der Waals surface area contributed by atoms with Crippen LogP contribution in [0.5, 0.6) is 0 Å². The molecule has 0 aromatic heterocycles. The van der Waals surface area contributed by atoms with Gasteiger partial charge in [0.2, 0.25) is 17.7 Å². The van der Waals surface area contributed by atoms with E-state index in [-0.39, 0.29) is 43.3 Å². The van der Waals surface area contributed by atoms with Gasteiger partial charge in [0.15, 0.2) is 11.9 Å². The summed E-state index contributed by atoms with van der Waals surface area (Å²) < 4.78 is 5.30. The van der Waals surface area contributed by atoms with Crippen LogP contribution in [0, 0.1) is 5.92 Å². The lowest BCUT2D eigenvalue weighted by molar-refractivity contribution is -0.162. The number of nitrogens with two attached hydrogens (primary N) is 1. The van der Waals surface area contributed by atoms with E-state index in [1.54, 1.807) is 13.8 Å². The topological polar surface area (TPSA) is 165 Å². The van der Waals surface area contributed by atoms with Crippen molar-refractivity contribution < 1.29 is 33.5 Å². The fourth-order valence-electron chi connectivity index (χ4n) is 3.87. The number of carbonyl (C=O) groups is 6. The second-order valence-electron chi connectivity index (χ2n) is 8.55. The molecule has 4 atom stereocenters. The van der Waals surface area contributed by atoms with Gasteiger partial charge in [-0.3, -0.25) is 24.0 Å². The molecule has 0 radical (unpaired) electrons. The number of amides is 4. The highest BCUT2D eigenvalue weighted by Crippen LogP contribution is 2.22. The van der Waals surface area contributed by atoms with Crippen LogP contribution in [-0.2, 0) is 33.5 Å². The molecule has 2 heterocycles. The quantitative estimate of drug-likeness (QED) is 0.364. The van der Waals surface area contributed by atoms with Gasteiger partial charge in [-0.15, -0.1) is 0 Å². The Morgan fingerprint density at radius 3 is 2.44 bits per heavy atom. The molecule has 2 fully saturated rings. The summed E-state index contributed by atoms with van der Waals surface area (Å²) in [5.41, 5.74) is 5.16. The zero-order chi connectivity index (χ0) is 24.0. The number of esters is 1. The largest absolute Gasteiger partial charge is 0.451 e. The predicted molar refractivity (Wildman–Crippen MR) is 112 cm³/mol. The molecular weight excluding hydrogens is 420 g/mol. The molecule has 4 N–H and O–H groups in total. The fraction of sp³-hybridized carbons (Fsp3) is 0.714. The van der Waals surface area contributed by atoms with Crippen molar-refractivity contribution in [2.75, 3.05) is 6.54 Å². The number of primary amides is 1. The highest BCUT2D eigenvalue weighted by molar-refractivity contribution is 5.95. The van der Waals surface area contributed by atoms with Crippen LogP contribution >= 0.6 is 0 Å². The van der Waals surface area contributed by atoms with Crippen molar-refractivity contribution >= 4 is 35.4 Å². The molecule has 0 aromatic carbocycles. The van der Waals surface area contributed by atoms with Gasteiger partial charge in [0.1, 0.15) is 12.1 Å². The van der Waals surface area contributed by atoms with Gasteiger partial charge >= 0.3 is 5.97 Å². The van der Waals surface area contributed by atoms with E-state index in [1.807, 2.05) is 0 Å². The van der Waals surface area contributed by atoms with Crippen molar-refractivity contribution in [2.24, 2.45) is 11.7 Å². The average Bonchev–Trinajstić information content (AvgIpc) is 3.38. The zero-order valence-electron chi connectivity index (χ0n) is 18.7. The van der Waals surface area contributed by atoms with Crippen molar-refractivity contribution in [3.63, 3.8) is 0 Å². The zero-order valence-corrected chi connectivity index (χ0v) is 18.7. The lowest BCUT2D eigenvalue weighted by Crippen LogP contribution is -2.51. The van der Waals surface area contributed by atoms with Crippen molar-refractivity contribution in [3.05, 3.63) is 0 Å². The molecule has 0 bridgehead atoms. The number of ether oxygens (including phenoxy) is 1. The standard InChI is InChI=1S/C21H32N4O7/c1-11(2)18(28)15-5-4-10-25(15)20(30)12(3)32-21(31)14(6-8-16(22)26)24-19(29)13-7-9-17(27)23-13/h11-15H,4-10H2,1-3H3,(H2,22,26)(H,23,27)(H,24,29). The number of nitrogens with one attached hydrogen (secondary N) is 2. The lowest BCUT2D eigenvalue weighted by atomic mass is 10.00. The van der Waals surface area contributed by atoms with Crippen LogP contribution in [0.3, 0.4) is 0 Å². The summed E-state index contributed by atoms with van der Waals surface area (Å²) in [4.78, 5) is 74.3. The molecule has 4 amide bonds. The first-order chi connectivity index (χ1) is 15.0. The van der Waals surface area contributed by atoms with Crippen LogP contribution in [0.25, 0.3) is 0 Å². The molecule has 2 aliphatic heterocycles. The summed E-state index contributed by atoms with van der Waals surface area (Å²) in [5.74, 6) is -3.16. The maximum absolute atomic E-state index is 12.9. The maximum Gasteiger partial charge on any atom is 0.329 e. The Hall–Kier alpha value is -2.98. The Morgan fingerprint density at radius 1 is 1.19 bits per heavy atom. The van der Waals surface area contributed by atoms with Crippen LogP contribution in [0.1, 0.15) is 59.3 Å². The predicted octanol–water partition coefficient (Wildman–Crippen LogP) is -0.837. The van der Waals surface area contributed by atoms with Crippen molar-refractivity contribution in [1.82, 2.24) is 15.5 Å². The first kappa shape index (κ1) is 25.3. The van der Waals surface area contributed by atoms with Crippen LogP contribution in [-0.4, -0.2) is 71.1 Å². The Bertz CT molecular complexity index is 782. The Morgan fingerprint density at radius 2 is 1.88 bits per heavy atom. The van der Waals surface area contributed by atoms with E-state index >= 15 is 0 Å². The third-order valence-corrected chi connectivity index (χ3v) is 5.67. The Balaban J connectivity index is 2.02. The van der Waals surface area contributed by atoms with Crippen LogP contribution < -0.4 is 16.4 Å². The van der Waals surface area contributed by atoms with Gasteiger partial charge in [0.25, 0.3) is 5.91 Å². The monoisotopic (exact) mass is 452 g/mol. The molecule has 11 nitrogen and oxygen atoms in total. The molecule has 0 aliphatic carbocycles. The van der Waals surface area contributed by atoms with E-state index < -0.39 is 47.9 Å². The summed E-state index contributed by atoms with van der Waals surface area (Å²) in [6, 6.07) is -2.53. The van der Waals surface area contributed by atoms with Gasteiger partial charge in [-0.1, -0.05) is 13.8 Å². The van der Waals surface area contributed by atoms with Crippen molar-refractivity contribution in [2.45, 2.75) is 83.5 Å². The molecule has 2 rings (SSSR count). The summed E-state index contributed by atoms with van der Waals surface area (Å²) in [7, 11) is 0. The highest BCUT2D eigenvalue weighted by atomic mass is 16.5. The Kier molecular flexibility index (Phi) is 8.73. The minimum absolute atomic E-state index is 0.0421. The number of hydrogen-bond donors (Lipinski definition) is 3.